The van der Waals surface area contributed by atoms with Crippen LogP contribution in [0.15, 0.2) is 18.3 Å². The Hall–Kier alpha value is -0.560. The monoisotopic (exact) mass is 223 g/mol. The van der Waals surface area contributed by atoms with Gasteiger partial charge in [0.05, 0.1) is 0 Å². The molecule has 0 radical (unpaired) electrons. The second kappa shape index (κ2) is 4.98. The van der Waals surface area contributed by atoms with E-state index in [4.69, 9.17) is 11.6 Å². The Kier molecular flexibility index (Phi) is 3.63. The highest BCUT2D eigenvalue weighted by Gasteiger charge is 2.23. The van der Waals surface area contributed by atoms with Crippen LogP contribution in [0.1, 0.15) is 49.8 Å². The molecule has 0 fully saturated rings. The largest absolute Gasteiger partial charge is 0.261 e. The van der Waals surface area contributed by atoms with Gasteiger partial charge in [0.15, 0.2) is 0 Å². The van der Waals surface area contributed by atoms with Crippen LogP contribution in [0.5, 0.6) is 0 Å². The van der Waals surface area contributed by atoms with Crippen LogP contribution in [0.4, 0.5) is 0 Å². The van der Waals surface area contributed by atoms with E-state index in [0.717, 1.165) is 12.8 Å². The summed E-state index contributed by atoms with van der Waals surface area (Å²) in [6, 6.07) is 4.25. The smallest absolute Gasteiger partial charge is 0.0466 e. The lowest BCUT2D eigenvalue weighted by Crippen LogP contribution is -2.02. The Morgan fingerprint density at radius 1 is 1.60 bits per heavy atom. The number of pyridine rings is 1. The summed E-state index contributed by atoms with van der Waals surface area (Å²) >= 11 is 6.15. The molecule has 1 aliphatic rings. The summed E-state index contributed by atoms with van der Waals surface area (Å²) in [4.78, 5) is 4.50. The number of halogens is 1. The van der Waals surface area contributed by atoms with E-state index in [9.17, 15) is 0 Å². The van der Waals surface area contributed by atoms with Crippen molar-refractivity contribution in [3.05, 3.63) is 29.6 Å². The first-order valence-electron chi connectivity index (χ1n) is 5.89. The van der Waals surface area contributed by atoms with Crippen LogP contribution in [-0.4, -0.2) is 10.4 Å². The third-order valence-electron chi connectivity index (χ3n) is 3.35. The van der Waals surface area contributed by atoms with Crippen LogP contribution in [0, 0.1) is 0 Å². The maximum absolute atomic E-state index is 6.15. The molecule has 2 rings (SSSR count). The molecule has 0 spiro atoms. The quantitative estimate of drug-likeness (QED) is 0.706. The van der Waals surface area contributed by atoms with E-state index in [2.05, 4.69) is 18.0 Å². The molecule has 1 heterocycles. The number of rotatable bonds is 4. The summed E-state index contributed by atoms with van der Waals surface area (Å²) in [5.74, 6) is 0.661. The minimum Gasteiger partial charge on any atom is -0.261 e. The lowest BCUT2D eigenvalue weighted by Gasteiger charge is -2.12. The molecule has 15 heavy (non-hydrogen) atoms. The summed E-state index contributed by atoms with van der Waals surface area (Å²) in [5.41, 5.74) is 2.78. The molecule has 0 N–H and O–H groups in total. The molecule has 1 aliphatic carbocycles. The van der Waals surface area contributed by atoms with Gasteiger partial charge in [0, 0.05) is 23.2 Å². The number of hydrogen-bond donors (Lipinski definition) is 0. The Bertz CT molecular complexity index is 324. The number of aromatic nitrogens is 1. The Morgan fingerprint density at radius 3 is 3.27 bits per heavy atom. The van der Waals surface area contributed by atoms with E-state index < -0.39 is 0 Å². The molecule has 2 atom stereocenters. The van der Waals surface area contributed by atoms with Gasteiger partial charge < -0.3 is 0 Å². The fourth-order valence-corrected chi connectivity index (χ4v) is 2.49. The predicted octanol–water partition coefficient (Wildman–Crippen LogP) is 3.91. The van der Waals surface area contributed by atoms with E-state index in [1.165, 1.54) is 30.5 Å². The molecular formula is C13H18ClN. The van der Waals surface area contributed by atoms with E-state index in [-0.39, 0.29) is 0 Å². The molecule has 2 unspecified atom stereocenters. The molecule has 1 nitrogen and oxygen atoms in total. The standard InChI is InChI=1S/C13H18ClN/c1-2-12(14)8-7-11-6-5-10-4-3-9-15-13(10)11/h3-4,9,11-12H,2,5-8H2,1H3. The topological polar surface area (TPSA) is 12.9 Å². The van der Waals surface area contributed by atoms with Crippen molar-refractivity contribution in [1.29, 1.82) is 0 Å². The Balaban J connectivity index is 1.96. The number of nitrogens with zero attached hydrogens (tertiary/aromatic N) is 1. The van der Waals surface area contributed by atoms with Gasteiger partial charge in [-0.2, -0.15) is 0 Å². The van der Waals surface area contributed by atoms with E-state index in [0.29, 0.717) is 11.3 Å². The van der Waals surface area contributed by atoms with Crippen molar-refractivity contribution in [1.82, 2.24) is 4.98 Å². The molecule has 0 aliphatic heterocycles. The van der Waals surface area contributed by atoms with Gasteiger partial charge in [-0.15, -0.1) is 11.6 Å². The van der Waals surface area contributed by atoms with Crippen molar-refractivity contribution in [3.63, 3.8) is 0 Å². The molecule has 0 saturated carbocycles. The summed E-state index contributed by atoms with van der Waals surface area (Å²) in [6.45, 7) is 2.15. The average Bonchev–Trinajstić information content (AvgIpc) is 2.69. The Labute approximate surface area is 96.9 Å². The first-order valence-corrected chi connectivity index (χ1v) is 6.32. The minimum absolute atomic E-state index is 0.345. The molecule has 0 amide bonds. The third kappa shape index (κ3) is 2.52. The maximum Gasteiger partial charge on any atom is 0.0466 e. The maximum atomic E-state index is 6.15. The van der Waals surface area contributed by atoms with Crippen LogP contribution >= 0.6 is 11.6 Å². The summed E-state index contributed by atoms with van der Waals surface area (Å²) in [6.07, 6.45) is 7.77. The van der Waals surface area contributed by atoms with E-state index in [1.807, 2.05) is 12.3 Å². The van der Waals surface area contributed by atoms with Crippen molar-refractivity contribution in [3.8, 4) is 0 Å². The number of alkyl halides is 1. The van der Waals surface area contributed by atoms with Crippen LogP contribution in [0.3, 0.4) is 0 Å². The van der Waals surface area contributed by atoms with Gasteiger partial charge in [-0.1, -0.05) is 13.0 Å². The van der Waals surface area contributed by atoms with Gasteiger partial charge in [0.1, 0.15) is 0 Å². The molecule has 2 heteroatoms. The summed E-state index contributed by atoms with van der Waals surface area (Å²) in [5, 5.41) is 0.345. The highest BCUT2D eigenvalue weighted by atomic mass is 35.5. The van der Waals surface area contributed by atoms with E-state index >= 15 is 0 Å². The third-order valence-corrected chi connectivity index (χ3v) is 3.87. The normalized spacial score (nSPS) is 21.3. The molecule has 0 bridgehead atoms. The summed E-state index contributed by atoms with van der Waals surface area (Å²) < 4.78 is 0. The van der Waals surface area contributed by atoms with Gasteiger partial charge in [-0.3, -0.25) is 4.98 Å². The van der Waals surface area contributed by atoms with Gasteiger partial charge >= 0.3 is 0 Å². The van der Waals surface area contributed by atoms with Crippen LogP contribution in [0.2, 0.25) is 0 Å². The number of fused-ring (bicyclic) bond motifs is 1. The van der Waals surface area contributed by atoms with Crippen molar-refractivity contribution in [2.24, 2.45) is 0 Å². The fraction of sp³-hybridized carbons (Fsp3) is 0.615. The van der Waals surface area contributed by atoms with Crippen LogP contribution in [-0.2, 0) is 6.42 Å². The molecular weight excluding hydrogens is 206 g/mol. The van der Waals surface area contributed by atoms with Gasteiger partial charge in [0.25, 0.3) is 0 Å². The SMILES string of the molecule is CCC(Cl)CCC1CCc2cccnc21. The molecule has 0 aromatic carbocycles. The molecule has 0 saturated heterocycles. The second-order valence-electron chi connectivity index (χ2n) is 4.37. The first-order chi connectivity index (χ1) is 7.31. The minimum atomic E-state index is 0.345. The lowest BCUT2D eigenvalue weighted by molar-refractivity contribution is 0.559. The highest BCUT2D eigenvalue weighted by molar-refractivity contribution is 6.20. The zero-order valence-electron chi connectivity index (χ0n) is 9.25. The average molecular weight is 224 g/mol. The number of hydrogen-bond acceptors (Lipinski definition) is 1. The first kappa shape index (κ1) is 10.9. The van der Waals surface area contributed by atoms with Crippen molar-refractivity contribution < 1.29 is 0 Å². The van der Waals surface area contributed by atoms with Crippen LogP contribution < -0.4 is 0 Å². The van der Waals surface area contributed by atoms with Gasteiger partial charge in [-0.25, -0.2) is 0 Å². The lowest BCUT2D eigenvalue weighted by atomic mass is 9.98. The zero-order chi connectivity index (χ0) is 10.7. The van der Waals surface area contributed by atoms with E-state index in [1.54, 1.807) is 0 Å². The highest BCUT2D eigenvalue weighted by Crippen LogP contribution is 2.35. The second-order valence-corrected chi connectivity index (χ2v) is 4.98. The van der Waals surface area contributed by atoms with Gasteiger partial charge in [-0.05, 0) is 43.7 Å². The molecule has 1 aromatic heterocycles. The van der Waals surface area contributed by atoms with Gasteiger partial charge in [0.2, 0.25) is 0 Å². The summed E-state index contributed by atoms with van der Waals surface area (Å²) in [7, 11) is 0. The fourth-order valence-electron chi connectivity index (χ4n) is 2.36. The van der Waals surface area contributed by atoms with Crippen molar-refractivity contribution >= 4 is 11.6 Å². The zero-order valence-corrected chi connectivity index (χ0v) is 10.0. The van der Waals surface area contributed by atoms with Crippen molar-refractivity contribution in [2.45, 2.75) is 50.3 Å². The van der Waals surface area contributed by atoms with Crippen LogP contribution in [0.25, 0.3) is 0 Å². The molecule has 82 valence electrons. The number of aryl methyl sites for hydroxylation is 1. The Morgan fingerprint density at radius 2 is 2.47 bits per heavy atom. The molecule has 1 aromatic rings. The predicted molar refractivity (Wildman–Crippen MR) is 64.5 cm³/mol. The van der Waals surface area contributed by atoms with Crippen molar-refractivity contribution in [2.75, 3.05) is 0 Å².